The van der Waals surface area contributed by atoms with Gasteiger partial charge in [0.2, 0.25) is 15.9 Å². The van der Waals surface area contributed by atoms with Gasteiger partial charge in [0, 0.05) is 31.7 Å². The van der Waals surface area contributed by atoms with Gasteiger partial charge in [-0.2, -0.15) is 4.31 Å². The van der Waals surface area contributed by atoms with E-state index in [1.165, 1.54) is 33.5 Å². The van der Waals surface area contributed by atoms with Crippen LogP contribution >= 0.6 is 0 Å². The molecule has 4 rings (SSSR count). The first-order valence-electron chi connectivity index (χ1n) is 13.3. The number of para-hydroxylation sites is 1. The molecule has 1 N–H and O–H groups in total. The Kier molecular flexibility index (Phi) is 10.3. The van der Waals surface area contributed by atoms with Gasteiger partial charge in [0.15, 0.2) is 6.61 Å². The summed E-state index contributed by atoms with van der Waals surface area (Å²) in [5.41, 5.74) is 1.68. The predicted octanol–water partition coefficient (Wildman–Crippen LogP) is 2.83. The van der Waals surface area contributed by atoms with Gasteiger partial charge in [-0.05, 0) is 42.8 Å². The molecule has 1 heterocycles. The number of ether oxygens (including phenoxy) is 3. The average molecular weight is 582 g/mol. The van der Waals surface area contributed by atoms with E-state index in [1.807, 2.05) is 54.6 Å². The minimum atomic E-state index is -3.64. The lowest BCUT2D eigenvalue weighted by Crippen LogP contribution is -2.48. The molecule has 1 aliphatic heterocycles. The Morgan fingerprint density at radius 3 is 2.32 bits per heavy atom. The van der Waals surface area contributed by atoms with Crippen molar-refractivity contribution < 1.29 is 32.2 Å². The fraction of sp³-hybridized carbons (Fsp3) is 0.333. The number of nitrogens with one attached hydrogen (secondary N) is 1. The number of morpholine rings is 1. The molecule has 10 nitrogen and oxygen atoms in total. The van der Waals surface area contributed by atoms with Gasteiger partial charge in [-0.3, -0.25) is 9.59 Å². The van der Waals surface area contributed by atoms with E-state index in [0.717, 1.165) is 11.1 Å². The molecule has 0 unspecified atom stereocenters. The molecule has 1 atom stereocenters. The van der Waals surface area contributed by atoms with Crippen LogP contribution in [0.2, 0.25) is 0 Å². The van der Waals surface area contributed by atoms with E-state index in [4.69, 9.17) is 14.2 Å². The molecule has 11 heteroatoms. The lowest BCUT2D eigenvalue weighted by molar-refractivity contribution is -0.142. The minimum absolute atomic E-state index is 0.143. The molecule has 0 radical (unpaired) electrons. The molecule has 3 aromatic rings. The van der Waals surface area contributed by atoms with Crippen LogP contribution in [-0.4, -0.2) is 75.5 Å². The fourth-order valence-electron chi connectivity index (χ4n) is 4.41. The van der Waals surface area contributed by atoms with E-state index in [1.54, 1.807) is 14.0 Å². The van der Waals surface area contributed by atoms with Crippen molar-refractivity contribution in [3.63, 3.8) is 0 Å². The van der Waals surface area contributed by atoms with Crippen LogP contribution in [0.3, 0.4) is 0 Å². The summed E-state index contributed by atoms with van der Waals surface area (Å²) in [7, 11) is -2.07. The van der Waals surface area contributed by atoms with Crippen LogP contribution in [0.1, 0.15) is 18.1 Å². The highest BCUT2D eigenvalue weighted by Crippen LogP contribution is 2.21. The van der Waals surface area contributed by atoms with Crippen molar-refractivity contribution in [1.82, 2.24) is 14.5 Å². The summed E-state index contributed by atoms with van der Waals surface area (Å²) >= 11 is 0. The lowest BCUT2D eigenvalue weighted by Gasteiger charge is -2.29. The SMILES string of the molecule is COc1ccccc1CNC(=O)[C@@H](C)N(Cc1ccccc1)C(=O)COc1ccc(S(=O)(=O)N2CCOCC2)cc1. The van der Waals surface area contributed by atoms with E-state index in [-0.39, 0.29) is 36.4 Å². The van der Waals surface area contributed by atoms with Crippen LogP contribution in [-0.2, 0) is 37.4 Å². The maximum atomic E-state index is 13.4. The zero-order chi connectivity index (χ0) is 29.2. The molecule has 0 saturated carbocycles. The third-order valence-electron chi connectivity index (χ3n) is 6.80. The summed E-state index contributed by atoms with van der Waals surface area (Å²) in [6.45, 7) is 3.13. The van der Waals surface area contributed by atoms with Gasteiger partial charge >= 0.3 is 0 Å². The van der Waals surface area contributed by atoms with Gasteiger partial charge in [-0.15, -0.1) is 0 Å². The van der Waals surface area contributed by atoms with Gasteiger partial charge in [0.05, 0.1) is 25.2 Å². The molecule has 0 spiro atoms. The number of rotatable bonds is 12. The zero-order valence-electron chi connectivity index (χ0n) is 23.2. The smallest absolute Gasteiger partial charge is 0.261 e. The lowest BCUT2D eigenvalue weighted by atomic mass is 10.1. The molecule has 1 saturated heterocycles. The highest BCUT2D eigenvalue weighted by molar-refractivity contribution is 7.89. The predicted molar refractivity (Wildman–Crippen MR) is 153 cm³/mol. The Hall–Kier alpha value is -3.93. The standard InChI is InChI=1S/C30H35N3O7S/c1-23(30(35)31-20-25-10-6-7-11-28(25)38-2)33(21-24-8-4-3-5-9-24)29(34)22-40-26-12-14-27(15-13-26)41(36,37)32-16-18-39-19-17-32/h3-15,23H,16-22H2,1-2H3,(H,31,35)/t23-/m1/s1. The van der Waals surface area contributed by atoms with Crippen LogP contribution in [0.5, 0.6) is 11.5 Å². The number of nitrogens with zero attached hydrogens (tertiary/aromatic N) is 2. The Balaban J connectivity index is 1.41. The quantitative estimate of drug-likeness (QED) is 0.350. The number of hydrogen-bond donors (Lipinski definition) is 1. The summed E-state index contributed by atoms with van der Waals surface area (Å²) in [6, 6.07) is 21.9. The Morgan fingerprint density at radius 1 is 0.976 bits per heavy atom. The second-order valence-electron chi connectivity index (χ2n) is 9.49. The molecule has 0 aliphatic carbocycles. The van der Waals surface area contributed by atoms with Crippen molar-refractivity contribution in [2.24, 2.45) is 0 Å². The summed E-state index contributed by atoms with van der Waals surface area (Å²) in [4.78, 5) is 28.1. The normalized spacial score (nSPS) is 14.6. The van der Waals surface area contributed by atoms with Crippen LogP contribution in [0.4, 0.5) is 0 Å². The number of carbonyl (C=O) groups excluding carboxylic acids is 2. The average Bonchev–Trinajstić information content (AvgIpc) is 3.02. The van der Waals surface area contributed by atoms with Crippen LogP contribution in [0.25, 0.3) is 0 Å². The molecule has 2 amide bonds. The van der Waals surface area contributed by atoms with Gasteiger partial charge in [-0.1, -0.05) is 48.5 Å². The van der Waals surface area contributed by atoms with Crippen molar-refractivity contribution in [3.8, 4) is 11.5 Å². The molecule has 1 fully saturated rings. The first kappa shape index (κ1) is 30.0. The summed E-state index contributed by atoms with van der Waals surface area (Å²) < 4.78 is 43.5. The molecule has 41 heavy (non-hydrogen) atoms. The molecular weight excluding hydrogens is 546 g/mol. The number of methoxy groups -OCH3 is 1. The highest BCUT2D eigenvalue weighted by atomic mass is 32.2. The minimum Gasteiger partial charge on any atom is -0.496 e. The van der Waals surface area contributed by atoms with E-state index in [0.29, 0.717) is 37.8 Å². The first-order valence-corrected chi connectivity index (χ1v) is 14.8. The van der Waals surface area contributed by atoms with Crippen molar-refractivity contribution in [3.05, 3.63) is 90.0 Å². The van der Waals surface area contributed by atoms with Gasteiger partial charge < -0.3 is 24.4 Å². The second kappa shape index (κ2) is 14.1. The number of hydrogen-bond acceptors (Lipinski definition) is 7. The van der Waals surface area contributed by atoms with Crippen molar-refractivity contribution >= 4 is 21.8 Å². The van der Waals surface area contributed by atoms with E-state index in [9.17, 15) is 18.0 Å². The molecule has 0 aromatic heterocycles. The molecular formula is C30H35N3O7S. The van der Waals surface area contributed by atoms with E-state index in [2.05, 4.69) is 5.32 Å². The Bertz CT molecular complexity index is 1410. The number of amides is 2. The topological polar surface area (TPSA) is 114 Å². The Morgan fingerprint density at radius 2 is 1.63 bits per heavy atom. The largest absolute Gasteiger partial charge is 0.496 e. The summed E-state index contributed by atoms with van der Waals surface area (Å²) in [5, 5.41) is 2.89. The zero-order valence-corrected chi connectivity index (χ0v) is 24.0. The third-order valence-corrected chi connectivity index (χ3v) is 8.72. The van der Waals surface area contributed by atoms with Gasteiger partial charge in [0.1, 0.15) is 17.5 Å². The summed E-state index contributed by atoms with van der Waals surface area (Å²) in [5.74, 6) is 0.290. The molecule has 218 valence electrons. The fourth-order valence-corrected chi connectivity index (χ4v) is 5.82. The van der Waals surface area contributed by atoms with Crippen molar-refractivity contribution in [2.75, 3.05) is 40.0 Å². The van der Waals surface area contributed by atoms with Crippen molar-refractivity contribution in [1.29, 1.82) is 0 Å². The Labute approximate surface area is 240 Å². The summed E-state index contributed by atoms with van der Waals surface area (Å²) in [6.07, 6.45) is 0. The maximum Gasteiger partial charge on any atom is 0.261 e. The van der Waals surface area contributed by atoms with E-state index < -0.39 is 16.1 Å². The van der Waals surface area contributed by atoms with Gasteiger partial charge in [0.25, 0.3) is 5.91 Å². The van der Waals surface area contributed by atoms with Crippen LogP contribution < -0.4 is 14.8 Å². The van der Waals surface area contributed by atoms with E-state index >= 15 is 0 Å². The first-order chi connectivity index (χ1) is 19.8. The third kappa shape index (κ3) is 7.84. The van der Waals surface area contributed by atoms with Crippen LogP contribution in [0, 0.1) is 0 Å². The monoisotopic (exact) mass is 581 g/mol. The van der Waals surface area contributed by atoms with Crippen LogP contribution in [0.15, 0.2) is 83.8 Å². The maximum absolute atomic E-state index is 13.4. The number of benzene rings is 3. The number of sulfonamides is 1. The van der Waals surface area contributed by atoms with Crippen molar-refractivity contribution in [2.45, 2.75) is 31.0 Å². The molecule has 0 bridgehead atoms. The highest BCUT2D eigenvalue weighted by Gasteiger charge is 2.28. The molecule has 1 aliphatic rings. The van der Waals surface area contributed by atoms with Gasteiger partial charge in [-0.25, -0.2) is 8.42 Å². The molecule has 3 aromatic carbocycles. The number of carbonyl (C=O) groups is 2. The second-order valence-corrected chi connectivity index (χ2v) is 11.4.